The van der Waals surface area contributed by atoms with Crippen molar-refractivity contribution in [2.45, 2.75) is 19.8 Å². The first kappa shape index (κ1) is 11.8. The van der Waals surface area contributed by atoms with Crippen molar-refractivity contribution in [3.8, 4) is 11.5 Å². The van der Waals surface area contributed by atoms with Crippen molar-refractivity contribution in [3.63, 3.8) is 0 Å². The molecule has 4 nitrogen and oxygen atoms in total. The van der Waals surface area contributed by atoms with E-state index < -0.39 is 11.4 Å². The third-order valence-electron chi connectivity index (χ3n) is 3.42. The monoisotopic (exact) mass is 236 g/mol. The van der Waals surface area contributed by atoms with E-state index in [1.807, 2.05) is 18.2 Å². The molecule has 0 amide bonds. The lowest BCUT2D eigenvalue weighted by Gasteiger charge is -2.25. The second-order valence-electron chi connectivity index (χ2n) is 4.79. The summed E-state index contributed by atoms with van der Waals surface area (Å²) in [6.07, 6.45) is 0. The Morgan fingerprint density at radius 3 is 2.82 bits per heavy atom. The smallest absolute Gasteiger partial charge is 0.309 e. The van der Waals surface area contributed by atoms with Gasteiger partial charge in [0.25, 0.3) is 0 Å². The Bertz CT molecular complexity index is 451. The van der Waals surface area contributed by atoms with Gasteiger partial charge in [0.05, 0.1) is 19.1 Å². The quantitative estimate of drug-likeness (QED) is 0.874. The normalized spacial score (nSPS) is 18.4. The Labute approximate surface area is 100 Å². The van der Waals surface area contributed by atoms with Crippen molar-refractivity contribution in [2.24, 2.45) is 5.41 Å². The average molecular weight is 236 g/mol. The molecule has 17 heavy (non-hydrogen) atoms. The van der Waals surface area contributed by atoms with Crippen molar-refractivity contribution in [3.05, 3.63) is 23.8 Å². The highest BCUT2D eigenvalue weighted by atomic mass is 16.5. The minimum atomic E-state index is -0.850. The minimum Gasteiger partial charge on any atom is -0.497 e. The van der Waals surface area contributed by atoms with E-state index in [2.05, 4.69) is 0 Å². The van der Waals surface area contributed by atoms with Crippen molar-refractivity contribution < 1.29 is 19.4 Å². The van der Waals surface area contributed by atoms with Gasteiger partial charge in [-0.3, -0.25) is 4.79 Å². The number of ether oxygens (including phenoxy) is 2. The fraction of sp³-hybridized carbons (Fsp3) is 0.462. The van der Waals surface area contributed by atoms with Gasteiger partial charge < -0.3 is 14.6 Å². The molecular weight excluding hydrogens is 220 g/mol. The van der Waals surface area contributed by atoms with Gasteiger partial charge in [0, 0.05) is 11.5 Å². The van der Waals surface area contributed by atoms with Gasteiger partial charge >= 0.3 is 5.97 Å². The van der Waals surface area contributed by atoms with Crippen LogP contribution in [-0.2, 0) is 4.79 Å². The van der Waals surface area contributed by atoms with Crippen LogP contribution in [0.4, 0.5) is 0 Å². The van der Waals surface area contributed by atoms with Crippen LogP contribution in [0.1, 0.15) is 25.3 Å². The summed E-state index contributed by atoms with van der Waals surface area (Å²) < 4.78 is 10.7. The zero-order valence-corrected chi connectivity index (χ0v) is 10.2. The second-order valence-corrected chi connectivity index (χ2v) is 4.79. The number of aliphatic carboxylic acids is 1. The van der Waals surface area contributed by atoms with Crippen LogP contribution >= 0.6 is 0 Å². The number of carboxylic acids is 1. The van der Waals surface area contributed by atoms with Crippen LogP contribution in [0.3, 0.4) is 0 Å². The summed E-state index contributed by atoms with van der Waals surface area (Å²) in [5.41, 5.74) is 0.0641. The summed E-state index contributed by atoms with van der Waals surface area (Å²) >= 11 is 0. The highest BCUT2D eigenvalue weighted by molar-refractivity contribution is 5.75. The molecule has 2 rings (SSSR count). The molecule has 1 unspecified atom stereocenters. The van der Waals surface area contributed by atoms with Gasteiger partial charge in [0.15, 0.2) is 0 Å². The molecule has 1 aromatic carbocycles. The highest BCUT2D eigenvalue weighted by Crippen LogP contribution is 2.45. The van der Waals surface area contributed by atoms with Crippen LogP contribution in [0.2, 0.25) is 0 Å². The summed E-state index contributed by atoms with van der Waals surface area (Å²) in [6, 6.07) is 5.50. The maximum atomic E-state index is 11.3. The fourth-order valence-corrected chi connectivity index (χ4v) is 2.07. The highest BCUT2D eigenvalue weighted by Gasteiger charge is 2.42. The fourth-order valence-electron chi connectivity index (χ4n) is 2.07. The molecule has 1 N–H and O–H groups in total. The lowest BCUT2D eigenvalue weighted by Crippen LogP contribution is -2.32. The summed E-state index contributed by atoms with van der Waals surface area (Å²) in [6.45, 7) is 3.84. The van der Waals surface area contributed by atoms with Crippen LogP contribution in [0.5, 0.6) is 11.5 Å². The molecule has 1 aliphatic rings. The van der Waals surface area contributed by atoms with E-state index in [0.717, 1.165) is 17.1 Å². The first-order chi connectivity index (χ1) is 7.96. The number of benzene rings is 1. The van der Waals surface area contributed by atoms with Gasteiger partial charge in [-0.2, -0.15) is 0 Å². The SMILES string of the molecule is COc1ccc2c(c1)C(C(C)(C)C(=O)O)CO2. The number of methoxy groups -OCH3 is 1. The standard InChI is InChI=1S/C13H16O4/c1-13(2,12(14)15)10-7-17-11-5-4-8(16-3)6-9(10)11/h4-6,10H,7H2,1-3H3,(H,14,15). The molecule has 0 saturated heterocycles. The summed E-state index contributed by atoms with van der Waals surface area (Å²) in [5, 5.41) is 9.27. The largest absolute Gasteiger partial charge is 0.497 e. The Kier molecular flexibility index (Phi) is 2.73. The number of fused-ring (bicyclic) bond motifs is 1. The zero-order valence-electron chi connectivity index (χ0n) is 10.2. The van der Waals surface area contributed by atoms with Gasteiger partial charge in [0.2, 0.25) is 0 Å². The molecular formula is C13H16O4. The molecule has 92 valence electrons. The van der Waals surface area contributed by atoms with E-state index in [0.29, 0.717) is 6.61 Å². The summed E-state index contributed by atoms with van der Waals surface area (Å²) in [5.74, 6) is 0.512. The summed E-state index contributed by atoms with van der Waals surface area (Å²) in [4.78, 5) is 11.3. The average Bonchev–Trinajstić information content (AvgIpc) is 2.71. The van der Waals surface area contributed by atoms with Crippen LogP contribution in [0.15, 0.2) is 18.2 Å². The Morgan fingerprint density at radius 2 is 2.24 bits per heavy atom. The number of carbonyl (C=O) groups is 1. The molecule has 0 fully saturated rings. The van der Waals surface area contributed by atoms with Crippen molar-refractivity contribution in [2.75, 3.05) is 13.7 Å². The second kappa shape index (κ2) is 3.95. The number of rotatable bonds is 3. The van der Waals surface area contributed by atoms with Crippen LogP contribution in [-0.4, -0.2) is 24.8 Å². The lowest BCUT2D eigenvalue weighted by molar-refractivity contribution is -0.148. The van der Waals surface area contributed by atoms with E-state index >= 15 is 0 Å². The van der Waals surface area contributed by atoms with Gasteiger partial charge in [-0.25, -0.2) is 0 Å². The van der Waals surface area contributed by atoms with E-state index in [4.69, 9.17) is 9.47 Å². The predicted octanol–water partition coefficient (Wildman–Crippen LogP) is 2.28. The van der Waals surface area contributed by atoms with E-state index in [9.17, 15) is 9.90 Å². The number of hydrogen-bond donors (Lipinski definition) is 1. The molecule has 0 radical (unpaired) electrons. The van der Waals surface area contributed by atoms with Gasteiger partial charge in [-0.1, -0.05) is 0 Å². The van der Waals surface area contributed by atoms with Crippen LogP contribution < -0.4 is 9.47 Å². The minimum absolute atomic E-state index is 0.148. The molecule has 0 aliphatic carbocycles. The first-order valence-electron chi connectivity index (χ1n) is 5.51. The maximum absolute atomic E-state index is 11.3. The first-order valence-corrected chi connectivity index (χ1v) is 5.51. The van der Waals surface area contributed by atoms with Gasteiger partial charge in [-0.15, -0.1) is 0 Å². The van der Waals surface area contributed by atoms with E-state index in [-0.39, 0.29) is 5.92 Å². The third kappa shape index (κ3) is 1.84. The topological polar surface area (TPSA) is 55.8 Å². The number of hydrogen-bond acceptors (Lipinski definition) is 3. The zero-order chi connectivity index (χ0) is 12.6. The molecule has 1 heterocycles. The van der Waals surface area contributed by atoms with E-state index in [1.165, 1.54) is 0 Å². The summed E-state index contributed by atoms with van der Waals surface area (Å²) in [7, 11) is 1.59. The molecule has 4 heteroatoms. The third-order valence-corrected chi connectivity index (χ3v) is 3.42. The maximum Gasteiger partial charge on any atom is 0.309 e. The lowest BCUT2D eigenvalue weighted by atomic mass is 9.76. The number of carboxylic acid groups (broad SMARTS) is 1. The van der Waals surface area contributed by atoms with Crippen molar-refractivity contribution in [1.29, 1.82) is 0 Å². The molecule has 0 saturated carbocycles. The van der Waals surface area contributed by atoms with Crippen molar-refractivity contribution in [1.82, 2.24) is 0 Å². The van der Waals surface area contributed by atoms with Gasteiger partial charge in [0.1, 0.15) is 11.5 Å². The molecule has 1 atom stereocenters. The Hall–Kier alpha value is -1.71. The molecule has 1 aromatic rings. The Morgan fingerprint density at radius 1 is 1.53 bits per heavy atom. The molecule has 0 spiro atoms. The Balaban J connectivity index is 2.42. The van der Waals surface area contributed by atoms with Crippen LogP contribution in [0, 0.1) is 5.41 Å². The van der Waals surface area contributed by atoms with Crippen molar-refractivity contribution >= 4 is 5.97 Å². The predicted molar refractivity (Wildman–Crippen MR) is 62.6 cm³/mol. The molecule has 1 aliphatic heterocycles. The molecule has 0 aromatic heterocycles. The van der Waals surface area contributed by atoms with Crippen LogP contribution in [0.25, 0.3) is 0 Å². The van der Waals surface area contributed by atoms with Gasteiger partial charge in [-0.05, 0) is 32.0 Å². The van der Waals surface area contributed by atoms with E-state index in [1.54, 1.807) is 21.0 Å². The molecule has 0 bridgehead atoms.